The van der Waals surface area contributed by atoms with Gasteiger partial charge in [-0.05, 0) is 37.7 Å². The first-order valence-corrected chi connectivity index (χ1v) is 6.59. The van der Waals surface area contributed by atoms with Crippen LogP contribution in [0.2, 0.25) is 0 Å². The molecule has 0 aliphatic heterocycles. The summed E-state index contributed by atoms with van der Waals surface area (Å²) in [5, 5.41) is 7.44. The summed E-state index contributed by atoms with van der Waals surface area (Å²) in [6.45, 7) is 2.85. The van der Waals surface area contributed by atoms with Gasteiger partial charge in [0.1, 0.15) is 5.82 Å². The van der Waals surface area contributed by atoms with Crippen LogP contribution in [0.3, 0.4) is 0 Å². The molecular formula is C13H15BrFN3. The van der Waals surface area contributed by atoms with Gasteiger partial charge in [0.25, 0.3) is 0 Å². The molecule has 18 heavy (non-hydrogen) atoms. The molecule has 3 nitrogen and oxygen atoms in total. The summed E-state index contributed by atoms with van der Waals surface area (Å²) >= 11 is 3.46. The molecular weight excluding hydrogens is 297 g/mol. The minimum atomic E-state index is -0.240. The maximum atomic E-state index is 13.4. The molecule has 0 saturated heterocycles. The van der Waals surface area contributed by atoms with Crippen molar-refractivity contribution in [3.63, 3.8) is 0 Å². The predicted molar refractivity (Wildman–Crippen MR) is 72.9 cm³/mol. The Morgan fingerprint density at radius 2 is 2.28 bits per heavy atom. The Morgan fingerprint density at radius 1 is 1.50 bits per heavy atom. The molecule has 0 aliphatic rings. The van der Waals surface area contributed by atoms with E-state index in [4.69, 9.17) is 0 Å². The van der Waals surface area contributed by atoms with Crippen LogP contribution in [-0.4, -0.2) is 16.8 Å². The first-order valence-electron chi connectivity index (χ1n) is 5.80. The third-order valence-corrected chi connectivity index (χ3v) is 3.59. The van der Waals surface area contributed by atoms with Crippen LogP contribution in [0.25, 0.3) is 0 Å². The number of nitrogens with zero attached hydrogens (tertiary/aromatic N) is 2. The van der Waals surface area contributed by atoms with Crippen LogP contribution in [0, 0.1) is 5.82 Å². The number of rotatable bonds is 4. The minimum absolute atomic E-state index is 0.0737. The van der Waals surface area contributed by atoms with Crippen LogP contribution in [0.5, 0.6) is 0 Å². The largest absolute Gasteiger partial charge is 0.309 e. The highest BCUT2D eigenvalue weighted by Crippen LogP contribution is 2.28. The van der Waals surface area contributed by atoms with Crippen molar-refractivity contribution in [2.75, 3.05) is 7.05 Å². The molecule has 0 saturated carbocycles. The number of benzene rings is 1. The van der Waals surface area contributed by atoms with Crippen LogP contribution in [-0.2, 0) is 6.54 Å². The average molecular weight is 312 g/mol. The first kappa shape index (κ1) is 13.2. The Labute approximate surface area is 114 Å². The summed E-state index contributed by atoms with van der Waals surface area (Å²) in [5.41, 5.74) is 1.89. The smallest absolute Gasteiger partial charge is 0.123 e. The maximum Gasteiger partial charge on any atom is 0.123 e. The van der Waals surface area contributed by atoms with Crippen LogP contribution in [0.1, 0.15) is 24.1 Å². The lowest BCUT2D eigenvalue weighted by molar-refractivity contribution is 0.615. The molecule has 0 bridgehead atoms. The summed E-state index contributed by atoms with van der Waals surface area (Å²) in [7, 11) is 1.85. The summed E-state index contributed by atoms with van der Waals surface area (Å²) in [5.74, 6) is -0.240. The van der Waals surface area contributed by atoms with Gasteiger partial charge in [-0.3, -0.25) is 4.68 Å². The zero-order chi connectivity index (χ0) is 13.1. The topological polar surface area (TPSA) is 29.9 Å². The fourth-order valence-electron chi connectivity index (χ4n) is 1.94. The second-order valence-corrected chi connectivity index (χ2v) is 4.87. The fourth-order valence-corrected chi connectivity index (χ4v) is 2.41. The average Bonchev–Trinajstić information content (AvgIpc) is 2.83. The standard InChI is InChI=1S/C13H15BrFN3/c1-3-18-8-9(7-17-18)13(16-2)11-6-10(15)4-5-12(11)14/h4-8,13,16H,3H2,1-2H3. The molecule has 0 aliphatic carbocycles. The fraction of sp³-hybridized carbons (Fsp3) is 0.308. The molecule has 2 aromatic rings. The number of hydrogen-bond donors (Lipinski definition) is 1. The molecule has 2 rings (SSSR count). The summed E-state index contributed by atoms with van der Waals surface area (Å²) in [4.78, 5) is 0. The Bertz CT molecular complexity index is 539. The first-order chi connectivity index (χ1) is 8.65. The summed E-state index contributed by atoms with van der Waals surface area (Å²) in [6.07, 6.45) is 3.78. The van der Waals surface area contributed by atoms with E-state index in [9.17, 15) is 4.39 Å². The van der Waals surface area contributed by atoms with Gasteiger partial charge in [0, 0.05) is 22.8 Å². The lowest BCUT2D eigenvalue weighted by Gasteiger charge is -2.16. The molecule has 1 unspecified atom stereocenters. The van der Waals surface area contributed by atoms with Gasteiger partial charge in [-0.15, -0.1) is 0 Å². The van der Waals surface area contributed by atoms with E-state index in [1.807, 2.05) is 31.0 Å². The highest BCUT2D eigenvalue weighted by Gasteiger charge is 2.17. The van der Waals surface area contributed by atoms with Crippen LogP contribution < -0.4 is 5.32 Å². The van der Waals surface area contributed by atoms with Crippen molar-refractivity contribution in [3.05, 3.63) is 52.0 Å². The molecule has 1 heterocycles. The van der Waals surface area contributed by atoms with E-state index < -0.39 is 0 Å². The van der Waals surface area contributed by atoms with Gasteiger partial charge < -0.3 is 5.32 Å². The SMILES string of the molecule is CCn1cc(C(NC)c2cc(F)ccc2Br)cn1. The van der Waals surface area contributed by atoms with Crippen molar-refractivity contribution in [2.45, 2.75) is 19.5 Å². The molecule has 0 radical (unpaired) electrons. The number of hydrogen-bond acceptors (Lipinski definition) is 2. The van der Waals surface area contributed by atoms with Gasteiger partial charge in [0.05, 0.1) is 12.2 Å². The Balaban J connectivity index is 2.41. The predicted octanol–water partition coefficient (Wildman–Crippen LogP) is 3.11. The Morgan fingerprint density at radius 3 is 2.89 bits per heavy atom. The molecule has 1 N–H and O–H groups in total. The van der Waals surface area contributed by atoms with Crippen LogP contribution >= 0.6 is 15.9 Å². The van der Waals surface area contributed by atoms with Crippen molar-refractivity contribution in [1.82, 2.24) is 15.1 Å². The zero-order valence-corrected chi connectivity index (χ0v) is 11.9. The van der Waals surface area contributed by atoms with Gasteiger partial charge in [-0.2, -0.15) is 5.10 Å². The lowest BCUT2D eigenvalue weighted by Crippen LogP contribution is -2.18. The van der Waals surface area contributed by atoms with Gasteiger partial charge >= 0.3 is 0 Å². The summed E-state index contributed by atoms with van der Waals surface area (Å²) in [6, 6.07) is 4.62. The zero-order valence-electron chi connectivity index (χ0n) is 10.3. The maximum absolute atomic E-state index is 13.4. The molecule has 1 atom stereocenters. The van der Waals surface area contributed by atoms with Crippen molar-refractivity contribution < 1.29 is 4.39 Å². The number of halogens is 2. The third kappa shape index (κ3) is 2.62. The quantitative estimate of drug-likeness (QED) is 0.940. The number of aryl methyl sites for hydroxylation is 1. The third-order valence-electron chi connectivity index (χ3n) is 2.87. The van der Waals surface area contributed by atoms with Crippen molar-refractivity contribution >= 4 is 15.9 Å². The molecule has 0 spiro atoms. The van der Waals surface area contributed by atoms with E-state index in [1.54, 1.807) is 6.07 Å². The lowest BCUT2D eigenvalue weighted by atomic mass is 10.0. The van der Waals surface area contributed by atoms with Gasteiger partial charge in [0.2, 0.25) is 0 Å². The minimum Gasteiger partial charge on any atom is -0.309 e. The Kier molecular flexibility index (Phi) is 4.14. The normalized spacial score (nSPS) is 12.7. The van der Waals surface area contributed by atoms with E-state index in [-0.39, 0.29) is 11.9 Å². The molecule has 0 fully saturated rings. The molecule has 5 heteroatoms. The van der Waals surface area contributed by atoms with Crippen LogP contribution in [0.15, 0.2) is 35.1 Å². The molecule has 0 amide bonds. The van der Waals surface area contributed by atoms with E-state index in [1.165, 1.54) is 12.1 Å². The van der Waals surface area contributed by atoms with Gasteiger partial charge in [0.15, 0.2) is 0 Å². The monoisotopic (exact) mass is 311 g/mol. The van der Waals surface area contributed by atoms with Gasteiger partial charge in [-0.1, -0.05) is 15.9 Å². The second-order valence-electron chi connectivity index (χ2n) is 4.02. The number of aromatic nitrogens is 2. The molecule has 1 aromatic heterocycles. The summed E-state index contributed by atoms with van der Waals surface area (Å²) < 4.78 is 16.1. The van der Waals surface area contributed by atoms with Crippen molar-refractivity contribution in [3.8, 4) is 0 Å². The van der Waals surface area contributed by atoms with Crippen molar-refractivity contribution in [2.24, 2.45) is 0 Å². The Hall–Kier alpha value is -1.20. The molecule has 96 valence electrons. The second kappa shape index (κ2) is 5.63. The highest BCUT2D eigenvalue weighted by atomic mass is 79.9. The van der Waals surface area contributed by atoms with E-state index in [0.29, 0.717) is 0 Å². The van der Waals surface area contributed by atoms with Crippen LogP contribution in [0.4, 0.5) is 4.39 Å². The molecule has 1 aromatic carbocycles. The van der Waals surface area contributed by atoms with Gasteiger partial charge in [-0.25, -0.2) is 4.39 Å². The van der Waals surface area contributed by atoms with Crippen molar-refractivity contribution in [1.29, 1.82) is 0 Å². The number of nitrogens with one attached hydrogen (secondary N) is 1. The van der Waals surface area contributed by atoms with E-state index in [2.05, 4.69) is 26.3 Å². The van der Waals surface area contributed by atoms with E-state index in [0.717, 1.165) is 22.1 Å². The van der Waals surface area contributed by atoms with E-state index >= 15 is 0 Å². The highest BCUT2D eigenvalue weighted by molar-refractivity contribution is 9.10.